The van der Waals surface area contributed by atoms with Crippen molar-refractivity contribution >= 4 is 49.7 Å². The highest BCUT2D eigenvalue weighted by atomic mass is 79.9. The number of carbonyl (C=O) groups excluding carboxylic acids is 1. The molecule has 0 unspecified atom stereocenters. The summed E-state index contributed by atoms with van der Waals surface area (Å²) in [5.41, 5.74) is 3.63. The van der Waals surface area contributed by atoms with Crippen LogP contribution in [0.4, 0.5) is 5.69 Å². The zero-order valence-corrected chi connectivity index (χ0v) is 15.9. The number of ether oxygens (including phenoxy) is 1. The molecule has 0 saturated carbocycles. The highest BCUT2D eigenvalue weighted by Gasteiger charge is 2.04. The van der Waals surface area contributed by atoms with E-state index in [2.05, 4.69) is 47.7 Å². The lowest BCUT2D eigenvalue weighted by Gasteiger charge is -2.08. The van der Waals surface area contributed by atoms with Gasteiger partial charge in [-0.2, -0.15) is 5.10 Å². The minimum Gasteiger partial charge on any atom is -0.507 e. The van der Waals surface area contributed by atoms with Crippen molar-refractivity contribution in [3.63, 3.8) is 0 Å². The number of anilines is 1. The second-order valence-electron chi connectivity index (χ2n) is 4.70. The van der Waals surface area contributed by atoms with Crippen LogP contribution in [0.2, 0.25) is 0 Å². The molecule has 126 valence electrons. The molecule has 1 amide bonds. The summed E-state index contributed by atoms with van der Waals surface area (Å²) in [7, 11) is 1.53. The van der Waals surface area contributed by atoms with Crippen molar-refractivity contribution in [3.05, 3.63) is 50.9 Å². The van der Waals surface area contributed by atoms with Gasteiger partial charge >= 0.3 is 0 Å². The van der Waals surface area contributed by atoms with Crippen LogP contribution >= 0.6 is 31.9 Å². The lowest BCUT2D eigenvalue weighted by molar-refractivity contribution is -0.119. The smallest absolute Gasteiger partial charge is 0.259 e. The Kier molecular flexibility index (Phi) is 6.62. The molecule has 0 radical (unpaired) electrons. The number of hydrogen-bond donors (Lipinski definition) is 3. The van der Waals surface area contributed by atoms with Gasteiger partial charge in [-0.25, -0.2) is 5.43 Å². The third-order valence-electron chi connectivity index (χ3n) is 3.00. The Morgan fingerprint density at radius 2 is 2.08 bits per heavy atom. The number of methoxy groups -OCH3 is 1. The number of nitrogens with one attached hydrogen (secondary N) is 2. The third-order valence-corrected chi connectivity index (χ3v) is 4.15. The van der Waals surface area contributed by atoms with Crippen molar-refractivity contribution < 1.29 is 14.6 Å². The van der Waals surface area contributed by atoms with Crippen molar-refractivity contribution in [3.8, 4) is 11.5 Å². The van der Waals surface area contributed by atoms with Gasteiger partial charge in [-0.1, -0.05) is 15.9 Å². The standard InChI is InChI=1S/C16H15Br2N3O3/c1-24-12-3-5-15(22)10(6-12)8-20-21-16(23)9-19-14-4-2-11(17)7-13(14)18/h2-8,19,22H,9H2,1H3,(H,21,23)/b20-8-. The van der Waals surface area contributed by atoms with Crippen LogP contribution in [0.25, 0.3) is 0 Å². The van der Waals surface area contributed by atoms with Gasteiger partial charge in [0.05, 0.1) is 19.9 Å². The van der Waals surface area contributed by atoms with E-state index in [9.17, 15) is 9.90 Å². The topological polar surface area (TPSA) is 83.0 Å². The Morgan fingerprint density at radius 1 is 1.29 bits per heavy atom. The van der Waals surface area contributed by atoms with E-state index in [1.165, 1.54) is 19.4 Å². The number of carbonyl (C=O) groups is 1. The van der Waals surface area contributed by atoms with E-state index in [0.717, 1.165) is 14.6 Å². The molecular formula is C16H15Br2N3O3. The van der Waals surface area contributed by atoms with Crippen molar-refractivity contribution in [2.24, 2.45) is 5.10 Å². The summed E-state index contributed by atoms with van der Waals surface area (Å²) in [5.74, 6) is 0.316. The first kappa shape index (κ1) is 18.3. The normalized spacial score (nSPS) is 10.6. The predicted octanol–water partition coefficient (Wildman–Crippen LogP) is 3.49. The zero-order chi connectivity index (χ0) is 17.5. The van der Waals surface area contributed by atoms with Crippen molar-refractivity contribution in [1.82, 2.24) is 5.43 Å². The highest BCUT2D eigenvalue weighted by Crippen LogP contribution is 2.25. The van der Waals surface area contributed by atoms with Crippen LogP contribution in [-0.2, 0) is 4.79 Å². The summed E-state index contributed by atoms with van der Waals surface area (Å²) in [6.07, 6.45) is 1.35. The highest BCUT2D eigenvalue weighted by molar-refractivity contribution is 9.11. The van der Waals surface area contributed by atoms with E-state index >= 15 is 0 Å². The Morgan fingerprint density at radius 3 is 2.79 bits per heavy atom. The Hall–Kier alpha value is -2.06. The lowest BCUT2D eigenvalue weighted by Crippen LogP contribution is -2.26. The van der Waals surface area contributed by atoms with Crippen molar-refractivity contribution in [2.45, 2.75) is 0 Å². The summed E-state index contributed by atoms with van der Waals surface area (Å²) >= 11 is 6.77. The Balaban J connectivity index is 1.89. The summed E-state index contributed by atoms with van der Waals surface area (Å²) in [5, 5.41) is 16.5. The number of nitrogens with zero attached hydrogens (tertiary/aromatic N) is 1. The van der Waals surface area contributed by atoms with Gasteiger partial charge in [0.1, 0.15) is 11.5 Å². The molecule has 0 atom stereocenters. The van der Waals surface area contributed by atoms with Gasteiger partial charge in [0.15, 0.2) is 0 Å². The number of halogens is 2. The largest absolute Gasteiger partial charge is 0.507 e. The van der Waals surface area contributed by atoms with Crippen LogP contribution in [0.15, 0.2) is 50.4 Å². The Labute approximate surface area is 156 Å². The molecule has 0 fully saturated rings. The fourth-order valence-electron chi connectivity index (χ4n) is 1.78. The number of amides is 1. The molecule has 0 aliphatic heterocycles. The maximum atomic E-state index is 11.8. The van der Waals surface area contributed by atoms with Gasteiger partial charge in [-0.05, 0) is 52.3 Å². The van der Waals surface area contributed by atoms with Crippen LogP contribution < -0.4 is 15.5 Å². The average Bonchev–Trinajstić information content (AvgIpc) is 2.55. The lowest BCUT2D eigenvalue weighted by atomic mass is 10.2. The number of hydrogen-bond acceptors (Lipinski definition) is 5. The predicted molar refractivity (Wildman–Crippen MR) is 101 cm³/mol. The summed E-state index contributed by atoms with van der Waals surface area (Å²) in [6, 6.07) is 10.3. The molecule has 6 nitrogen and oxygen atoms in total. The van der Waals surface area contributed by atoms with E-state index in [0.29, 0.717) is 11.3 Å². The first-order valence-corrected chi connectivity index (χ1v) is 8.46. The van der Waals surface area contributed by atoms with Gasteiger partial charge in [0.2, 0.25) is 0 Å². The molecule has 0 aromatic heterocycles. The van der Waals surface area contributed by atoms with Crippen LogP contribution in [0.3, 0.4) is 0 Å². The quantitative estimate of drug-likeness (QED) is 0.459. The van der Waals surface area contributed by atoms with Gasteiger partial charge in [-0.15, -0.1) is 0 Å². The maximum absolute atomic E-state index is 11.8. The molecule has 0 aliphatic rings. The summed E-state index contributed by atoms with van der Waals surface area (Å²) in [6.45, 7) is 0.0572. The van der Waals surface area contributed by atoms with E-state index in [-0.39, 0.29) is 18.2 Å². The minimum absolute atomic E-state index is 0.0470. The SMILES string of the molecule is COc1ccc(O)c(/C=N\NC(=O)CNc2ccc(Br)cc2Br)c1. The minimum atomic E-state index is -0.316. The molecular weight excluding hydrogens is 442 g/mol. The molecule has 0 spiro atoms. The average molecular weight is 457 g/mol. The number of benzene rings is 2. The molecule has 8 heteroatoms. The first-order chi connectivity index (χ1) is 11.5. The van der Waals surface area contributed by atoms with Gasteiger partial charge < -0.3 is 15.2 Å². The molecule has 2 aromatic carbocycles. The second kappa shape index (κ2) is 8.70. The summed E-state index contributed by atoms with van der Waals surface area (Å²) in [4.78, 5) is 11.8. The third kappa shape index (κ3) is 5.24. The van der Waals surface area contributed by atoms with Crippen LogP contribution in [0, 0.1) is 0 Å². The molecule has 0 aliphatic carbocycles. The molecule has 0 bridgehead atoms. The van der Waals surface area contributed by atoms with Gasteiger partial charge in [0.25, 0.3) is 5.91 Å². The van der Waals surface area contributed by atoms with Crippen molar-refractivity contribution in [2.75, 3.05) is 19.0 Å². The molecule has 24 heavy (non-hydrogen) atoms. The number of phenols is 1. The zero-order valence-electron chi connectivity index (χ0n) is 12.7. The van der Waals surface area contributed by atoms with Crippen LogP contribution in [-0.4, -0.2) is 30.9 Å². The first-order valence-electron chi connectivity index (χ1n) is 6.87. The Bertz CT molecular complexity index is 766. The number of aromatic hydroxyl groups is 1. The molecule has 0 saturated heterocycles. The fraction of sp³-hybridized carbons (Fsp3) is 0.125. The second-order valence-corrected chi connectivity index (χ2v) is 6.47. The molecule has 3 N–H and O–H groups in total. The van der Waals surface area contributed by atoms with Crippen molar-refractivity contribution in [1.29, 1.82) is 0 Å². The monoisotopic (exact) mass is 455 g/mol. The molecule has 2 aromatic rings. The van der Waals surface area contributed by atoms with E-state index in [1.54, 1.807) is 12.1 Å². The number of phenolic OH excluding ortho intramolecular Hbond substituents is 1. The molecule has 0 heterocycles. The summed E-state index contributed by atoms with van der Waals surface area (Å²) < 4.78 is 6.85. The van der Waals surface area contributed by atoms with E-state index < -0.39 is 0 Å². The van der Waals surface area contributed by atoms with Crippen LogP contribution in [0.5, 0.6) is 11.5 Å². The maximum Gasteiger partial charge on any atom is 0.259 e. The van der Waals surface area contributed by atoms with Crippen LogP contribution in [0.1, 0.15) is 5.56 Å². The fourth-order valence-corrected chi connectivity index (χ4v) is 2.97. The van der Waals surface area contributed by atoms with Gasteiger partial charge in [0, 0.05) is 20.2 Å². The van der Waals surface area contributed by atoms with E-state index in [4.69, 9.17) is 4.74 Å². The number of hydrazone groups is 1. The van der Waals surface area contributed by atoms with E-state index in [1.807, 2.05) is 18.2 Å². The van der Waals surface area contributed by atoms with Gasteiger partial charge in [-0.3, -0.25) is 4.79 Å². The number of rotatable bonds is 6. The molecule has 2 rings (SSSR count).